The van der Waals surface area contributed by atoms with E-state index in [1.165, 1.54) is 34.4 Å². The first-order valence-electron chi connectivity index (χ1n) is 10.00. The van der Waals surface area contributed by atoms with Crippen molar-refractivity contribution < 1.29 is 28.3 Å². The lowest BCUT2D eigenvalue weighted by atomic mass is 10.1. The summed E-state index contributed by atoms with van der Waals surface area (Å²) in [6.07, 6.45) is 2.76. The number of thiocarbonyl (C=S) groups is 1. The number of carboxylic acid groups (broad SMARTS) is 1. The second kappa shape index (κ2) is 10.4. The van der Waals surface area contributed by atoms with Crippen molar-refractivity contribution in [2.45, 2.75) is 6.42 Å². The van der Waals surface area contributed by atoms with Crippen LogP contribution >= 0.6 is 35.3 Å². The van der Waals surface area contributed by atoms with Gasteiger partial charge in [-0.05, 0) is 52.9 Å². The number of thioether (sulfide) groups is 1. The number of carbonyl (C=O) groups is 3. The van der Waals surface area contributed by atoms with Gasteiger partial charge in [-0.3, -0.25) is 14.5 Å². The Kier molecular flexibility index (Phi) is 7.34. The fraction of sp³-hybridized carbons (Fsp3) is 0.0870. The number of amides is 2. The predicted molar refractivity (Wildman–Crippen MR) is 134 cm³/mol. The Morgan fingerprint density at radius 2 is 1.94 bits per heavy atom. The predicted octanol–water partition coefficient (Wildman–Crippen LogP) is 5.02. The smallest absolute Gasteiger partial charge is 0.337 e. The molecule has 1 saturated heterocycles. The molecule has 12 heteroatoms. The first kappa shape index (κ1) is 24.6. The first-order valence-corrected chi connectivity index (χ1v) is 12.1. The van der Waals surface area contributed by atoms with Crippen LogP contribution in [0.25, 0.3) is 17.2 Å². The highest BCUT2D eigenvalue weighted by atomic mass is 32.2. The Balaban J connectivity index is 1.37. The summed E-state index contributed by atoms with van der Waals surface area (Å²) >= 11 is 7.75. The van der Waals surface area contributed by atoms with E-state index in [0.717, 1.165) is 35.0 Å². The molecule has 1 aromatic carbocycles. The summed E-state index contributed by atoms with van der Waals surface area (Å²) in [4.78, 5) is 42.2. The van der Waals surface area contributed by atoms with Crippen LogP contribution in [0.15, 0.2) is 52.9 Å². The molecule has 2 amide bonds. The molecule has 0 aliphatic carbocycles. The maximum absolute atomic E-state index is 13.5. The molecule has 3 aromatic rings. The maximum atomic E-state index is 13.5. The Morgan fingerprint density at radius 3 is 2.63 bits per heavy atom. The van der Waals surface area contributed by atoms with Gasteiger partial charge in [0.15, 0.2) is 11.6 Å². The summed E-state index contributed by atoms with van der Waals surface area (Å²) in [5.74, 6) is -3.53. The van der Waals surface area contributed by atoms with Crippen molar-refractivity contribution in [3.8, 4) is 11.1 Å². The van der Waals surface area contributed by atoms with Crippen LogP contribution < -0.4 is 5.32 Å². The summed E-state index contributed by atoms with van der Waals surface area (Å²) in [7, 11) is 0. The Labute approximate surface area is 211 Å². The van der Waals surface area contributed by atoms with Gasteiger partial charge in [-0.2, -0.15) is 0 Å². The fourth-order valence-electron chi connectivity index (χ4n) is 3.09. The molecule has 0 radical (unpaired) electrons. The highest BCUT2D eigenvalue weighted by Gasteiger charge is 2.32. The van der Waals surface area contributed by atoms with Crippen molar-refractivity contribution in [3.63, 3.8) is 0 Å². The summed E-state index contributed by atoms with van der Waals surface area (Å²) in [5, 5.41) is 13.2. The van der Waals surface area contributed by atoms with Crippen LogP contribution in [-0.4, -0.2) is 43.6 Å². The largest absolute Gasteiger partial charge is 0.478 e. The van der Waals surface area contributed by atoms with E-state index in [1.54, 1.807) is 17.5 Å². The van der Waals surface area contributed by atoms with E-state index in [0.29, 0.717) is 20.4 Å². The molecule has 1 aliphatic rings. The van der Waals surface area contributed by atoms with Crippen molar-refractivity contribution in [2.24, 2.45) is 0 Å². The lowest BCUT2D eigenvalue weighted by molar-refractivity contribution is -0.122. The Morgan fingerprint density at radius 1 is 1.14 bits per heavy atom. The van der Waals surface area contributed by atoms with Crippen LogP contribution in [-0.2, 0) is 9.59 Å². The second-order valence-electron chi connectivity index (χ2n) is 7.24. The maximum Gasteiger partial charge on any atom is 0.337 e. The summed E-state index contributed by atoms with van der Waals surface area (Å²) in [6.45, 7) is 0.0611. The third-order valence-electron chi connectivity index (χ3n) is 4.86. The summed E-state index contributed by atoms with van der Waals surface area (Å²) < 4.78 is 27.0. The van der Waals surface area contributed by atoms with E-state index in [9.17, 15) is 23.2 Å². The van der Waals surface area contributed by atoms with Gasteiger partial charge in [0, 0.05) is 24.0 Å². The minimum atomic E-state index is -1.12. The number of hydrogen-bond donors (Lipinski definition) is 2. The van der Waals surface area contributed by atoms with Crippen LogP contribution in [0.1, 0.15) is 21.7 Å². The SMILES string of the molecule is O=C(CCN1C(=O)/C(=C/c2cc(-c3ccc(F)c(F)c3)cs2)SC1=S)Nc1ccc(C(=O)O)cn1. The van der Waals surface area contributed by atoms with Gasteiger partial charge in [0.25, 0.3) is 5.91 Å². The van der Waals surface area contributed by atoms with E-state index < -0.39 is 23.5 Å². The van der Waals surface area contributed by atoms with Crippen molar-refractivity contribution >= 4 is 69.3 Å². The number of anilines is 1. The van der Waals surface area contributed by atoms with Crippen molar-refractivity contribution in [1.82, 2.24) is 9.88 Å². The van der Waals surface area contributed by atoms with Gasteiger partial charge in [-0.1, -0.05) is 30.0 Å². The number of nitrogens with zero attached hydrogens (tertiary/aromatic N) is 2. The first-order chi connectivity index (χ1) is 16.7. The molecule has 0 atom stereocenters. The zero-order valence-electron chi connectivity index (χ0n) is 17.7. The van der Waals surface area contributed by atoms with Gasteiger partial charge in [0.05, 0.1) is 10.5 Å². The quantitative estimate of drug-likeness (QED) is 0.326. The highest BCUT2D eigenvalue weighted by Crippen LogP contribution is 2.35. The number of hydrogen-bond acceptors (Lipinski definition) is 7. The Bertz CT molecular complexity index is 1370. The molecule has 1 aliphatic heterocycles. The average molecular weight is 532 g/mol. The minimum absolute atomic E-state index is 0.00459. The molecule has 0 unspecified atom stereocenters. The van der Waals surface area contributed by atoms with Crippen LogP contribution in [0.2, 0.25) is 0 Å². The number of pyridine rings is 1. The highest BCUT2D eigenvalue weighted by molar-refractivity contribution is 8.26. The van der Waals surface area contributed by atoms with Crippen LogP contribution in [0.5, 0.6) is 0 Å². The lowest BCUT2D eigenvalue weighted by Gasteiger charge is -2.14. The van der Waals surface area contributed by atoms with Crippen LogP contribution in [0.4, 0.5) is 14.6 Å². The summed E-state index contributed by atoms with van der Waals surface area (Å²) in [5.41, 5.74) is 1.21. The monoisotopic (exact) mass is 531 g/mol. The van der Waals surface area contributed by atoms with Gasteiger partial charge in [0.1, 0.15) is 10.1 Å². The molecule has 0 bridgehead atoms. The van der Waals surface area contributed by atoms with Crippen LogP contribution in [0, 0.1) is 11.6 Å². The normalized spacial score (nSPS) is 14.6. The minimum Gasteiger partial charge on any atom is -0.478 e. The fourth-order valence-corrected chi connectivity index (χ4v) is 5.31. The van der Waals surface area contributed by atoms with Gasteiger partial charge in [-0.25, -0.2) is 18.6 Å². The molecule has 0 spiro atoms. The second-order valence-corrected chi connectivity index (χ2v) is 9.85. The molecule has 2 N–H and O–H groups in total. The molecule has 35 heavy (non-hydrogen) atoms. The Hall–Kier alpha value is -3.48. The zero-order chi connectivity index (χ0) is 25.1. The zero-order valence-corrected chi connectivity index (χ0v) is 20.1. The molecule has 3 heterocycles. The molecular formula is C23H15F2N3O4S3. The number of rotatable bonds is 7. The van der Waals surface area contributed by atoms with Crippen molar-refractivity contribution in [2.75, 3.05) is 11.9 Å². The van der Waals surface area contributed by atoms with Crippen LogP contribution in [0.3, 0.4) is 0 Å². The molecule has 4 rings (SSSR count). The molecule has 7 nitrogen and oxygen atoms in total. The number of aromatic nitrogens is 1. The number of thiophene rings is 1. The summed E-state index contributed by atoms with van der Waals surface area (Å²) in [6, 6.07) is 8.11. The molecular weight excluding hydrogens is 516 g/mol. The molecule has 2 aromatic heterocycles. The molecule has 0 saturated carbocycles. The molecule has 1 fully saturated rings. The third kappa shape index (κ3) is 5.78. The van der Waals surface area contributed by atoms with Gasteiger partial charge < -0.3 is 10.4 Å². The van der Waals surface area contributed by atoms with E-state index in [2.05, 4.69) is 10.3 Å². The van der Waals surface area contributed by atoms with E-state index in [-0.39, 0.29) is 30.3 Å². The number of benzene rings is 1. The average Bonchev–Trinajstić information content (AvgIpc) is 3.39. The topological polar surface area (TPSA) is 99.6 Å². The number of carboxylic acids is 1. The van der Waals surface area contributed by atoms with Gasteiger partial charge in [0.2, 0.25) is 5.91 Å². The van der Waals surface area contributed by atoms with Crippen molar-refractivity contribution in [3.05, 3.63) is 75.0 Å². The van der Waals surface area contributed by atoms with Gasteiger partial charge >= 0.3 is 5.97 Å². The van der Waals surface area contributed by atoms with E-state index >= 15 is 0 Å². The third-order valence-corrected chi connectivity index (χ3v) is 7.12. The molecule has 178 valence electrons. The number of carbonyl (C=O) groups excluding carboxylic acids is 2. The lowest BCUT2D eigenvalue weighted by Crippen LogP contribution is -2.31. The standard InChI is InChI=1S/C23H15F2N3O4S3/c24-16-3-1-12(8-17(16)25)14-7-15(34-11-14)9-18-21(30)28(23(33)35-18)6-5-20(29)27-19-4-2-13(10-26-19)22(31)32/h1-4,7-11H,5-6H2,(H,31,32)(H,26,27,29)/b18-9-. The van der Waals surface area contributed by atoms with E-state index in [4.69, 9.17) is 17.3 Å². The number of nitrogens with one attached hydrogen (secondary N) is 1. The van der Waals surface area contributed by atoms with Crippen molar-refractivity contribution in [1.29, 1.82) is 0 Å². The van der Waals surface area contributed by atoms with Gasteiger partial charge in [-0.15, -0.1) is 11.3 Å². The number of halogens is 2. The number of aromatic carboxylic acids is 1. The van der Waals surface area contributed by atoms with E-state index in [1.807, 2.05) is 0 Å².